The molecule has 0 fully saturated rings. The zero-order chi connectivity index (χ0) is 20.6. The lowest BCUT2D eigenvalue weighted by atomic mass is 10.1. The second-order valence-corrected chi connectivity index (χ2v) is 6.75. The van der Waals surface area contributed by atoms with Crippen molar-refractivity contribution in [2.75, 3.05) is 52.0 Å². The quantitative estimate of drug-likeness (QED) is 0.572. The molecule has 3 aromatic rings. The van der Waals surface area contributed by atoms with Gasteiger partial charge in [-0.05, 0) is 26.2 Å². The number of hydrogen-bond acceptors (Lipinski definition) is 7. The molecule has 0 aliphatic rings. The molecule has 0 bridgehead atoms. The van der Waals surface area contributed by atoms with E-state index in [1.54, 1.807) is 14.2 Å². The predicted octanol–water partition coefficient (Wildman–Crippen LogP) is 3.88. The van der Waals surface area contributed by atoms with E-state index >= 15 is 0 Å². The molecule has 0 radical (unpaired) electrons. The fourth-order valence-electron chi connectivity index (χ4n) is 2.78. The normalized spacial score (nSPS) is 10.7. The van der Waals surface area contributed by atoms with Gasteiger partial charge in [0.15, 0.2) is 0 Å². The molecule has 0 unspecified atom stereocenters. The first-order chi connectivity index (χ1) is 14.1. The molecule has 1 heterocycles. The summed E-state index contributed by atoms with van der Waals surface area (Å²) in [5.41, 5.74) is 2.62. The number of benzene rings is 2. The first kappa shape index (κ1) is 20.4. The van der Waals surface area contributed by atoms with Gasteiger partial charge in [-0.3, -0.25) is 0 Å². The average molecular weight is 393 g/mol. The standard InChI is InChI=1S/C22H27N5O2/c1-27(2)13-12-23-21-15-19(16-8-6-5-7-9-16)25-22(26-21)24-18-11-10-17(28-3)14-20(18)29-4/h5-11,14-15H,12-13H2,1-4H3,(H2,23,24,25,26). The highest BCUT2D eigenvalue weighted by Crippen LogP contribution is 2.31. The van der Waals surface area contributed by atoms with E-state index in [4.69, 9.17) is 14.5 Å². The maximum atomic E-state index is 5.48. The van der Waals surface area contributed by atoms with Crippen LogP contribution in [0.1, 0.15) is 0 Å². The molecule has 0 saturated heterocycles. The lowest BCUT2D eigenvalue weighted by molar-refractivity contribution is 0.395. The van der Waals surface area contributed by atoms with Crippen molar-refractivity contribution in [1.29, 1.82) is 0 Å². The molecule has 0 saturated carbocycles. The van der Waals surface area contributed by atoms with E-state index < -0.39 is 0 Å². The molecular weight excluding hydrogens is 366 g/mol. The third-order valence-electron chi connectivity index (χ3n) is 4.32. The van der Waals surface area contributed by atoms with Gasteiger partial charge >= 0.3 is 0 Å². The van der Waals surface area contributed by atoms with Crippen molar-refractivity contribution in [2.45, 2.75) is 0 Å². The van der Waals surface area contributed by atoms with Crippen molar-refractivity contribution >= 4 is 17.5 Å². The van der Waals surface area contributed by atoms with Crippen LogP contribution in [0.4, 0.5) is 17.5 Å². The number of anilines is 3. The number of nitrogens with one attached hydrogen (secondary N) is 2. The highest BCUT2D eigenvalue weighted by Gasteiger charge is 2.10. The molecule has 1 aromatic heterocycles. The summed E-state index contributed by atoms with van der Waals surface area (Å²) in [6.45, 7) is 1.68. The van der Waals surface area contributed by atoms with Crippen LogP contribution in [0.5, 0.6) is 11.5 Å². The molecule has 0 atom stereocenters. The summed E-state index contributed by atoms with van der Waals surface area (Å²) in [5, 5.41) is 6.65. The highest BCUT2D eigenvalue weighted by atomic mass is 16.5. The summed E-state index contributed by atoms with van der Waals surface area (Å²) in [7, 11) is 7.33. The first-order valence-corrected chi connectivity index (χ1v) is 9.41. The minimum Gasteiger partial charge on any atom is -0.497 e. The van der Waals surface area contributed by atoms with Crippen LogP contribution in [0.15, 0.2) is 54.6 Å². The molecule has 3 rings (SSSR count). The van der Waals surface area contributed by atoms with Crippen molar-refractivity contribution in [1.82, 2.24) is 14.9 Å². The first-order valence-electron chi connectivity index (χ1n) is 9.41. The van der Waals surface area contributed by atoms with Gasteiger partial charge in [-0.1, -0.05) is 30.3 Å². The van der Waals surface area contributed by atoms with Crippen LogP contribution in [-0.4, -0.2) is 56.3 Å². The van der Waals surface area contributed by atoms with Crippen LogP contribution in [0.3, 0.4) is 0 Å². The van der Waals surface area contributed by atoms with Gasteiger partial charge in [0, 0.05) is 30.8 Å². The summed E-state index contributed by atoms with van der Waals surface area (Å²) >= 11 is 0. The maximum absolute atomic E-state index is 5.48. The Labute approximate surface area is 171 Å². The summed E-state index contributed by atoms with van der Waals surface area (Å²) in [6.07, 6.45) is 0. The van der Waals surface area contributed by atoms with Crippen molar-refractivity contribution < 1.29 is 9.47 Å². The maximum Gasteiger partial charge on any atom is 0.229 e. The van der Waals surface area contributed by atoms with Crippen LogP contribution in [0.25, 0.3) is 11.3 Å². The number of ether oxygens (including phenoxy) is 2. The summed E-state index contributed by atoms with van der Waals surface area (Å²) in [5.74, 6) is 2.62. The molecule has 2 N–H and O–H groups in total. The van der Waals surface area contributed by atoms with Crippen molar-refractivity contribution in [3.63, 3.8) is 0 Å². The molecule has 7 nitrogen and oxygen atoms in total. The van der Waals surface area contributed by atoms with Gasteiger partial charge in [0.2, 0.25) is 5.95 Å². The summed E-state index contributed by atoms with van der Waals surface area (Å²) in [4.78, 5) is 11.4. The summed E-state index contributed by atoms with van der Waals surface area (Å²) < 4.78 is 10.7. The van der Waals surface area contributed by atoms with E-state index in [-0.39, 0.29) is 0 Å². The smallest absolute Gasteiger partial charge is 0.229 e. The van der Waals surface area contributed by atoms with Gasteiger partial charge in [0.25, 0.3) is 0 Å². The van der Waals surface area contributed by atoms with E-state index in [1.807, 2.05) is 68.7 Å². The number of rotatable bonds is 9. The van der Waals surface area contributed by atoms with E-state index in [9.17, 15) is 0 Å². The SMILES string of the molecule is COc1ccc(Nc2nc(NCCN(C)C)cc(-c3ccccc3)n2)c(OC)c1. The number of aromatic nitrogens is 2. The topological polar surface area (TPSA) is 71.5 Å². The second-order valence-electron chi connectivity index (χ2n) is 6.75. The summed E-state index contributed by atoms with van der Waals surface area (Å²) in [6, 6.07) is 17.6. The minimum atomic E-state index is 0.488. The zero-order valence-corrected chi connectivity index (χ0v) is 17.3. The molecule has 0 aliphatic heterocycles. The van der Waals surface area contributed by atoms with Crippen LogP contribution in [0.2, 0.25) is 0 Å². The largest absolute Gasteiger partial charge is 0.497 e. The van der Waals surface area contributed by atoms with E-state index in [2.05, 4.69) is 20.5 Å². The Kier molecular flexibility index (Phi) is 6.86. The molecule has 0 spiro atoms. The fraction of sp³-hybridized carbons (Fsp3) is 0.273. The monoisotopic (exact) mass is 393 g/mol. The van der Waals surface area contributed by atoms with Crippen LogP contribution < -0.4 is 20.1 Å². The number of likely N-dealkylation sites (N-methyl/N-ethyl adjacent to an activating group) is 1. The van der Waals surface area contributed by atoms with Gasteiger partial charge in [-0.15, -0.1) is 0 Å². The van der Waals surface area contributed by atoms with E-state index in [0.717, 1.165) is 41.6 Å². The van der Waals surface area contributed by atoms with Crippen molar-refractivity contribution in [3.8, 4) is 22.8 Å². The third kappa shape index (κ3) is 5.58. The number of methoxy groups -OCH3 is 2. The third-order valence-corrected chi connectivity index (χ3v) is 4.32. The van der Waals surface area contributed by atoms with E-state index in [1.165, 1.54) is 0 Å². The Morgan fingerprint density at radius 3 is 2.41 bits per heavy atom. The Bertz CT molecular complexity index is 932. The predicted molar refractivity (Wildman–Crippen MR) is 117 cm³/mol. The Balaban J connectivity index is 1.92. The van der Waals surface area contributed by atoms with Gasteiger partial charge in [0.05, 0.1) is 25.6 Å². The van der Waals surface area contributed by atoms with Crippen molar-refractivity contribution in [2.24, 2.45) is 0 Å². The Hall–Kier alpha value is -3.32. The van der Waals surface area contributed by atoms with Gasteiger partial charge in [0.1, 0.15) is 17.3 Å². The molecule has 152 valence electrons. The van der Waals surface area contributed by atoms with Gasteiger partial charge in [-0.25, -0.2) is 4.98 Å². The fourth-order valence-corrected chi connectivity index (χ4v) is 2.78. The average Bonchev–Trinajstić information content (AvgIpc) is 2.74. The Morgan fingerprint density at radius 1 is 0.931 bits per heavy atom. The molecule has 7 heteroatoms. The zero-order valence-electron chi connectivity index (χ0n) is 17.3. The molecule has 29 heavy (non-hydrogen) atoms. The van der Waals surface area contributed by atoms with E-state index in [0.29, 0.717) is 11.7 Å². The number of hydrogen-bond donors (Lipinski definition) is 2. The van der Waals surface area contributed by atoms with Gasteiger partial charge in [-0.2, -0.15) is 4.98 Å². The highest BCUT2D eigenvalue weighted by molar-refractivity contribution is 5.69. The van der Waals surface area contributed by atoms with Gasteiger partial charge < -0.3 is 25.0 Å². The second kappa shape index (κ2) is 9.75. The van der Waals surface area contributed by atoms with Crippen LogP contribution in [0, 0.1) is 0 Å². The lowest BCUT2D eigenvalue weighted by Crippen LogP contribution is -2.21. The molecular formula is C22H27N5O2. The minimum absolute atomic E-state index is 0.488. The molecule has 2 aromatic carbocycles. The molecule has 0 aliphatic carbocycles. The van der Waals surface area contributed by atoms with Crippen molar-refractivity contribution in [3.05, 3.63) is 54.6 Å². The molecule has 0 amide bonds. The Morgan fingerprint density at radius 2 is 1.72 bits per heavy atom. The van der Waals surface area contributed by atoms with Crippen LogP contribution in [-0.2, 0) is 0 Å². The number of nitrogens with zero attached hydrogens (tertiary/aromatic N) is 3. The lowest BCUT2D eigenvalue weighted by Gasteiger charge is -2.15. The van der Waals surface area contributed by atoms with Crippen LogP contribution >= 0.6 is 0 Å².